The predicted octanol–water partition coefficient (Wildman–Crippen LogP) is 4.35. The van der Waals surface area contributed by atoms with Crippen LogP contribution in [-0.4, -0.2) is 38.8 Å². The highest BCUT2D eigenvalue weighted by Crippen LogP contribution is 2.18. The number of aryl methyl sites for hydroxylation is 1. The van der Waals surface area contributed by atoms with Crippen LogP contribution in [0.5, 0.6) is 5.75 Å². The minimum absolute atomic E-state index is 0.0262. The Balaban J connectivity index is 1.44. The zero-order chi connectivity index (χ0) is 20.6. The number of ether oxygens (including phenoxy) is 1. The number of aromatic amines is 1. The molecule has 3 rings (SSSR count). The van der Waals surface area contributed by atoms with Gasteiger partial charge in [-0.15, -0.1) is 5.10 Å². The van der Waals surface area contributed by atoms with Crippen molar-refractivity contribution in [1.29, 1.82) is 0 Å². The molecule has 0 spiro atoms. The van der Waals surface area contributed by atoms with Gasteiger partial charge in [0.2, 0.25) is 11.1 Å². The van der Waals surface area contributed by atoms with E-state index >= 15 is 0 Å². The van der Waals surface area contributed by atoms with E-state index in [1.807, 2.05) is 0 Å². The molecule has 0 bridgehead atoms. The quantitative estimate of drug-likeness (QED) is 0.511. The average Bonchev–Trinajstić information content (AvgIpc) is 3.20. The van der Waals surface area contributed by atoms with Crippen LogP contribution in [0, 0.1) is 0 Å². The number of aromatic nitrogens is 3. The van der Waals surface area contributed by atoms with Crippen LogP contribution in [0.15, 0.2) is 53.7 Å². The van der Waals surface area contributed by atoms with Gasteiger partial charge in [-0.1, -0.05) is 54.6 Å². The molecule has 0 saturated carbocycles. The molecule has 1 N–H and O–H groups in total. The molecule has 0 saturated heterocycles. The Morgan fingerprint density at radius 1 is 1.14 bits per heavy atom. The summed E-state index contributed by atoms with van der Waals surface area (Å²) in [7, 11) is 1.81. The number of nitrogens with one attached hydrogen (secondary N) is 1. The van der Waals surface area contributed by atoms with Gasteiger partial charge >= 0.3 is 0 Å². The summed E-state index contributed by atoms with van der Waals surface area (Å²) in [6, 6.07) is 15.4. The van der Waals surface area contributed by atoms with E-state index in [-0.39, 0.29) is 18.3 Å². The van der Waals surface area contributed by atoms with Crippen molar-refractivity contribution in [3.63, 3.8) is 0 Å². The fourth-order valence-corrected chi connectivity index (χ4v) is 3.45. The number of H-pyrrole nitrogens is 1. The van der Waals surface area contributed by atoms with Crippen molar-refractivity contribution in [3.05, 3.63) is 70.5 Å². The van der Waals surface area contributed by atoms with Gasteiger partial charge in [-0.2, -0.15) is 0 Å². The average molecular weight is 431 g/mol. The molecule has 3 aromatic rings. The maximum atomic E-state index is 12.4. The van der Waals surface area contributed by atoms with E-state index < -0.39 is 0 Å². The standard InChI is InChI=1S/C21H23ClN4O2S/c1-3-15-4-6-16(7-5-15)12-26(2)20(27)14-29-21-23-19(24-25-21)13-28-18-10-8-17(22)9-11-18/h4-11H,3,12-14H2,1-2H3,(H,23,24,25). The molecule has 8 heteroatoms. The summed E-state index contributed by atoms with van der Waals surface area (Å²) in [6.07, 6.45) is 1.01. The summed E-state index contributed by atoms with van der Waals surface area (Å²) in [5.74, 6) is 1.60. The van der Waals surface area contributed by atoms with E-state index in [1.54, 1.807) is 36.2 Å². The van der Waals surface area contributed by atoms with Gasteiger partial charge in [-0.3, -0.25) is 9.89 Å². The Morgan fingerprint density at radius 3 is 2.52 bits per heavy atom. The highest BCUT2D eigenvalue weighted by atomic mass is 35.5. The molecule has 2 aromatic carbocycles. The van der Waals surface area contributed by atoms with Crippen molar-refractivity contribution in [1.82, 2.24) is 20.1 Å². The third kappa shape index (κ3) is 6.51. The molecule has 1 amide bonds. The molecule has 0 atom stereocenters. The molecule has 0 fully saturated rings. The molecule has 0 aliphatic rings. The lowest BCUT2D eigenvalue weighted by Crippen LogP contribution is -2.27. The van der Waals surface area contributed by atoms with Crippen LogP contribution >= 0.6 is 23.4 Å². The molecule has 0 radical (unpaired) electrons. The van der Waals surface area contributed by atoms with Gasteiger partial charge in [0.25, 0.3) is 0 Å². The van der Waals surface area contributed by atoms with Crippen LogP contribution < -0.4 is 4.74 Å². The van der Waals surface area contributed by atoms with Crippen molar-refractivity contribution in [2.45, 2.75) is 31.7 Å². The van der Waals surface area contributed by atoms with Crippen molar-refractivity contribution >= 4 is 29.3 Å². The summed E-state index contributed by atoms with van der Waals surface area (Å²) in [5.41, 5.74) is 2.40. The Bertz CT molecular complexity index is 929. The number of thioether (sulfide) groups is 1. The minimum Gasteiger partial charge on any atom is -0.486 e. The molecule has 0 aliphatic heterocycles. The van der Waals surface area contributed by atoms with Crippen LogP contribution in [0.3, 0.4) is 0 Å². The van der Waals surface area contributed by atoms with Gasteiger partial charge in [0.1, 0.15) is 12.4 Å². The van der Waals surface area contributed by atoms with Crippen LogP contribution in [0.4, 0.5) is 0 Å². The molecule has 0 aliphatic carbocycles. The van der Waals surface area contributed by atoms with Crippen molar-refractivity contribution in [2.75, 3.05) is 12.8 Å². The van der Waals surface area contributed by atoms with Gasteiger partial charge in [-0.05, 0) is 41.8 Å². The smallest absolute Gasteiger partial charge is 0.233 e. The SMILES string of the molecule is CCc1ccc(CN(C)C(=O)CSc2n[nH]c(COc3ccc(Cl)cc3)n2)cc1. The highest BCUT2D eigenvalue weighted by molar-refractivity contribution is 7.99. The molecule has 29 heavy (non-hydrogen) atoms. The molecule has 6 nitrogen and oxygen atoms in total. The number of carbonyl (C=O) groups excluding carboxylic acids is 1. The lowest BCUT2D eigenvalue weighted by atomic mass is 10.1. The first-order chi connectivity index (χ1) is 14.0. The maximum absolute atomic E-state index is 12.4. The minimum atomic E-state index is 0.0262. The second-order valence-corrected chi connectivity index (χ2v) is 7.89. The second-order valence-electron chi connectivity index (χ2n) is 6.52. The topological polar surface area (TPSA) is 71.1 Å². The Morgan fingerprint density at radius 2 is 1.83 bits per heavy atom. The lowest BCUT2D eigenvalue weighted by Gasteiger charge is -2.17. The zero-order valence-electron chi connectivity index (χ0n) is 16.4. The van der Waals surface area contributed by atoms with E-state index in [0.29, 0.717) is 28.3 Å². The molecular formula is C21H23ClN4O2S. The Kier molecular flexibility index (Phi) is 7.55. The first-order valence-electron chi connectivity index (χ1n) is 9.27. The molecule has 0 unspecified atom stereocenters. The molecule has 1 aromatic heterocycles. The van der Waals surface area contributed by atoms with E-state index in [2.05, 4.69) is 46.4 Å². The monoisotopic (exact) mass is 430 g/mol. The zero-order valence-corrected chi connectivity index (χ0v) is 18.0. The van der Waals surface area contributed by atoms with Crippen molar-refractivity contribution < 1.29 is 9.53 Å². The second kappa shape index (κ2) is 10.3. The van der Waals surface area contributed by atoms with Gasteiger partial charge in [0.15, 0.2) is 5.82 Å². The number of hydrogen-bond acceptors (Lipinski definition) is 5. The van der Waals surface area contributed by atoms with E-state index in [9.17, 15) is 4.79 Å². The van der Waals surface area contributed by atoms with Gasteiger partial charge < -0.3 is 9.64 Å². The third-order valence-corrected chi connectivity index (χ3v) is 5.39. The van der Waals surface area contributed by atoms with Crippen LogP contribution in [0.25, 0.3) is 0 Å². The normalized spacial score (nSPS) is 10.7. The lowest BCUT2D eigenvalue weighted by molar-refractivity contribution is -0.127. The Hall–Kier alpha value is -2.51. The third-order valence-electron chi connectivity index (χ3n) is 4.30. The predicted molar refractivity (Wildman–Crippen MR) is 115 cm³/mol. The number of nitrogens with zero attached hydrogens (tertiary/aromatic N) is 3. The van der Waals surface area contributed by atoms with E-state index in [0.717, 1.165) is 12.0 Å². The van der Waals surface area contributed by atoms with Crippen LogP contribution in [0.2, 0.25) is 5.02 Å². The summed E-state index contributed by atoms with van der Waals surface area (Å²) < 4.78 is 5.63. The first kappa shape index (κ1) is 21.2. The van der Waals surface area contributed by atoms with E-state index in [1.165, 1.54) is 17.3 Å². The van der Waals surface area contributed by atoms with Gasteiger partial charge in [0, 0.05) is 18.6 Å². The highest BCUT2D eigenvalue weighted by Gasteiger charge is 2.12. The fraction of sp³-hybridized carbons (Fsp3) is 0.286. The van der Waals surface area contributed by atoms with Crippen LogP contribution in [-0.2, 0) is 24.4 Å². The largest absolute Gasteiger partial charge is 0.486 e. The Labute approximate surface area is 179 Å². The molecular weight excluding hydrogens is 408 g/mol. The van der Waals surface area contributed by atoms with Crippen molar-refractivity contribution in [3.8, 4) is 5.75 Å². The molecule has 152 valence electrons. The van der Waals surface area contributed by atoms with E-state index in [4.69, 9.17) is 16.3 Å². The fourth-order valence-electron chi connectivity index (χ4n) is 2.57. The summed E-state index contributed by atoms with van der Waals surface area (Å²) >= 11 is 7.15. The maximum Gasteiger partial charge on any atom is 0.233 e. The number of halogens is 1. The number of amides is 1. The summed E-state index contributed by atoms with van der Waals surface area (Å²) in [4.78, 5) is 18.5. The number of rotatable bonds is 9. The molecule has 1 heterocycles. The van der Waals surface area contributed by atoms with Gasteiger partial charge in [-0.25, -0.2) is 4.98 Å². The van der Waals surface area contributed by atoms with Crippen molar-refractivity contribution in [2.24, 2.45) is 0 Å². The number of hydrogen-bond donors (Lipinski definition) is 1. The number of benzene rings is 2. The number of carbonyl (C=O) groups is 1. The summed E-state index contributed by atoms with van der Waals surface area (Å²) in [5, 5.41) is 8.14. The summed E-state index contributed by atoms with van der Waals surface area (Å²) in [6.45, 7) is 2.97. The van der Waals surface area contributed by atoms with Crippen LogP contribution in [0.1, 0.15) is 23.9 Å². The first-order valence-corrected chi connectivity index (χ1v) is 10.6. The van der Waals surface area contributed by atoms with Gasteiger partial charge in [0.05, 0.1) is 5.75 Å².